The van der Waals surface area contributed by atoms with Crippen molar-refractivity contribution in [2.24, 2.45) is 5.92 Å². The number of hydrogen-bond donors (Lipinski definition) is 2. The zero-order valence-electron chi connectivity index (χ0n) is 10.7. The summed E-state index contributed by atoms with van der Waals surface area (Å²) in [5, 5.41) is 10.2. The predicted molar refractivity (Wildman–Crippen MR) is 63.9 cm³/mol. The van der Waals surface area contributed by atoms with Gasteiger partial charge in [-0.1, -0.05) is 6.08 Å². The van der Waals surface area contributed by atoms with E-state index in [-0.39, 0.29) is 11.9 Å². The van der Waals surface area contributed by atoms with Gasteiger partial charge in [0.15, 0.2) is 0 Å². The zero-order valence-corrected chi connectivity index (χ0v) is 10.7. The standard InChI is InChI=1S/C12H17N3O4/c1-7-4-9-5-14(12(17)15(9)18)10(7)11(16)13-19-6-8-2-3-8/h4,8-10,18H,2-3,5-6H2,1H3,(H,13,16)/t9-,10+/m1/s1. The van der Waals surface area contributed by atoms with Crippen LogP contribution in [0.2, 0.25) is 0 Å². The Morgan fingerprint density at radius 3 is 3.00 bits per heavy atom. The fraction of sp³-hybridized carbons (Fsp3) is 0.667. The maximum atomic E-state index is 12.1. The van der Waals surface area contributed by atoms with Gasteiger partial charge in [-0.2, -0.15) is 5.06 Å². The third-order valence-electron chi connectivity index (χ3n) is 3.77. The number of fused-ring (bicyclic) bond motifs is 2. The second-order valence-electron chi connectivity index (χ2n) is 5.38. The zero-order chi connectivity index (χ0) is 13.6. The summed E-state index contributed by atoms with van der Waals surface area (Å²) < 4.78 is 0. The molecule has 2 bridgehead atoms. The van der Waals surface area contributed by atoms with Crippen molar-refractivity contribution in [2.75, 3.05) is 13.2 Å². The Balaban J connectivity index is 1.65. The number of carbonyl (C=O) groups excluding carboxylic acids is 2. The number of nitrogens with zero attached hydrogens (tertiary/aromatic N) is 2. The van der Waals surface area contributed by atoms with E-state index in [2.05, 4.69) is 5.48 Å². The molecule has 7 nitrogen and oxygen atoms in total. The van der Waals surface area contributed by atoms with Crippen molar-refractivity contribution in [3.63, 3.8) is 0 Å². The minimum absolute atomic E-state index is 0.327. The monoisotopic (exact) mass is 267 g/mol. The molecule has 2 atom stereocenters. The van der Waals surface area contributed by atoms with E-state index in [1.54, 1.807) is 13.0 Å². The summed E-state index contributed by atoms with van der Waals surface area (Å²) >= 11 is 0. The van der Waals surface area contributed by atoms with Crippen LogP contribution in [-0.2, 0) is 9.63 Å². The molecule has 1 aliphatic carbocycles. The summed E-state index contributed by atoms with van der Waals surface area (Å²) in [4.78, 5) is 30.4. The van der Waals surface area contributed by atoms with Gasteiger partial charge in [0.1, 0.15) is 6.04 Å². The van der Waals surface area contributed by atoms with Gasteiger partial charge in [0.25, 0.3) is 5.91 Å². The molecule has 0 aromatic carbocycles. The van der Waals surface area contributed by atoms with Gasteiger partial charge in [-0.25, -0.2) is 10.3 Å². The lowest BCUT2D eigenvalue weighted by Crippen LogP contribution is -2.50. The number of urea groups is 1. The summed E-state index contributed by atoms with van der Waals surface area (Å²) in [6.07, 6.45) is 4.03. The minimum atomic E-state index is -0.694. The van der Waals surface area contributed by atoms with Crippen molar-refractivity contribution >= 4 is 11.9 Å². The first kappa shape index (κ1) is 12.4. The fourth-order valence-electron chi connectivity index (χ4n) is 2.53. The topological polar surface area (TPSA) is 82.1 Å². The maximum Gasteiger partial charge on any atom is 0.345 e. The third-order valence-corrected chi connectivity index (χ3v) is 3.77. The lowest BCUT2D eigenvalue weighted by atomic mass is 10.0. The van der Waals surface area contributed by atoms with Crippen molar-refractivity contribution in [3.05, 3.63) is 11.6 Å². The molecule has 1 saturated heterocycles. The van der Waals surface area contributed by atoms with Gasteiger partial charge in [-0.15, -0.1) is 0 Å². The second kappa shape index (κ2) is 4.50. The first-order valence-corrected chi connectivity index (χ1v) is 6.46. The van der Waals surface area contributed by atoms with Crippen molar-refractivity contribution < 1.29 is 19.6 Å². The van der Waals surface area contributed by atoms with Crippen LogP contribution >= 0.6 is 0 Å². The number of carbonyl (C=O) groups is 2. The Morgan fingerprint density at radius 2 is 2.32 bits per heavy atom. The fourth-order valence-corrected chi connectivity index (χ4v) is 2.53. The van der Waals surface area contributed by atoms with Crippen molar-refractivity contribution in [1.82, 2.24) is 15.4 Å². The Labute approximate surface area is 110 Å². The van der Waals surface area contributed by atoms with Gasteiger partial charge in [0.2, 0.25) is 0 Å². The highest BCUT2D eigenvalue weighted by molar-refractivity contribution is 5.91. The first-order valence-electron chi connectivity index (χ1n) is 6.46. The molecule has 7 heteroatoms. The number of hydroxylamine groups is 3. The van der Waals surface area contributed by atoms with Crippen LogP contribution in [0.25, 0.3) is 0 Å². The normalized spacial score (nSPS) is 29.6. The highest BCUT2D eigenvalue weighted by atomic mass is 16.7. The molecule has 2 fully saturated rings. The minimum Gasteiger partial charge on any atom is -0.304 e. The van der Waals surface area contributed by atoms with E-state index >= 15 is 0 Å². The average molecular weight is 267 g/mol. The molecule has 0 radical (unpaired) electrons. The summed E-state index contributed by atoms with van der Waals surface area (Å²) in [6.45, 7) is 2.62. The molecule has 3 aliphatic rings. The molecule has 2 heterocycles. The van der Waals surface area contributed by atoms with Crippen LogP contribution in [-0.4, -0.2) is 52.3 Å². The average Bonchev–Trinajstić information content (AvgIpc) is 3.16. The Hall–Kier alpha value is -1.60. The number of nitrogens with one attached hydrogen (secondary N) is 1. The predicted octanol–water partition coefficient (Wildman–Crippen LogP) is 0.268. The van der Waals surface area contributed by atoms with Gasteiger partial charge in [0.05, 0.1) is 19.2 Å². The van der Waals surface area contributed by atoms with Crippen LogP contribution in [0.3, 0.4) is 0 Å². The molecule has 2 N–H and O–H groups in total. The molecule has 19 heavy (non-hydrogen) atoms. The van der Waals surface area contributed by atoms with E-state index in [9.17, 15) is 14.8 Å². The van der Waals surface area contributed by atoms with Crippen LogP contribution < -0.4 is 5.48 Å². The molecular weight excluding hydrogens is 250 g/mol. The molecule has 3 amide bonds. The smallest absolute Gasteiger partial charge is 0.304 e. The summed E-state index contributed by atoms with van der Waals surface area (Å²) in [6, 6.07) is -1.59. The van der Waals surface area contributed by atoms with Gasteiger partial charge in [-0.3, -0.25) is 14.8 Å². The molecule has 104 valence electrons. The van der Waals surface area contributed by atoms with Crippen molar-refractivity contribution in [3.8, 4) is 0 Å². The Bertz CT molecular complexity index is 446. The largest absolute Gasteiger partial charge is 0.345 e. The molecule has 3 rings (SSSR count). The third kappa shape index (κ3) is 2.19. The van der Waals surface area contributed by atoms with E-state index in [0.29, 0.717) is 24.1 Å². The quantitative estimate of drug-likeness (QED) is 0.435. The van der Waals surface area contributed by atoms with Crippen molar-refractivity contribution in [2.45, 2.75) is 31.8 Å². The van der Waals surface area contributed by atoms with Gasteiger partial charge in [-0.05, 0) is 31.3 Å². The van der Waals surface area contributed by atoms with Crippen LogP contribution in [0.1, 0.15) is 19.8 Å². The molecule has 0 aromatic heterocycles. The highest BCUT2D eigenvalue weighted by Crippen LogP contribution is 2.29. The van der Waals surface area contributed by atoms with E-state index in [1.165, 1.54) is 4.90 Å². The molecule has 1 saturated carbocycles. The molecule has 0 unspecified atom stereocenters. The van der Waals surface area contributed by atoms with Gasteiger partial charge in [0, 0.05) is 0 Å². The molecule has 0 aromatic rings. The Morgan fingerprint density at radius 1 is 1.58 bits per heavy atom. The van der Waals surface area contributed by atoms with Crippen LogP contribution in [0.5, 0.6) is 0 Å². The molecular formula is C12H17N3O4. The maximum absolute atomic E-state index is 12.1. The van der Waals surface area contributed by atoms with E-state index in [1.807, 2.05) is 0 Å². The van der Waals surface area contributed by atoms with Crippen molar-refractivity contribution in [1.29, 1.82) is 0 Å². The lowest BCUT2D eigenvalue weighted by molar-refractivity contribution is -0.137. The van der Waals surface area contributed by atoms with E-state index < -0.39 is 12.1 Å². The van der Waals surface area contributed by atoms with Crippen LogP contribution in [0.15, 0.2) is 11.6 Å². The SMILES string of the molecule is CC1=C[C@@H]2CN(C(=O)N2O)[C@@H]1C(=O)NOCC1CC1. The van der Waals surface area contributed by atoms with E-state index in [4.69, 9.17) is 4.84 Å². The molecule has 2 aliphatic heterocycles. The molecule has 0 spiro atoms. The van der Waals surface area contributed by atoms with E-state index in [0.717, 1.165) is 18.4 Å². The summed E-state index contributed by atoms with van der Waals surface area (Å²) in [5.41, 5.74) is 3.14. The van der Waals surface area contributed by atoms with Crippen LogP contribution in [0.4, 0.5) is 4.79 Å². The summed E-state index contributed by atoms with van der Waals surface area (Å²) in [5.74, 6) is 0.186. The van der Waals surface area contributed by atoms with Gasteiger partial charge < -0.3 is 4.90 Å². The van der Waals surface area contributed by atoms with Crippen LogP contribution in [0, 0.1) is 5.92 Å². The Kier molecular flexibility index (Phi) is 2.94. The number of rotatable bonds is 4. The second-order valence-corrected chi connectivity index (χ2v) is 5.38. The number of hydrogen-bond acceptors (Lipinski definition) is 4. The lowest BCUT2D eigenvalue weighted by Gasteiger charge is -2.28. The number of amides is 3. The first-order chi connectivity index (χ1) is 9.08. The highest BCUT2D eigenvalue weighted by Gasteiger charge is 2.46. The summed E-state index contributed by atoms with van der Waals surface area (Å²) in [7, 11) is 0. The van der Waals surface area contributed by atoms with Gasteiger partial charge >= 0.3 is 6.03 Å².